The van der Waals surface area contributed by atoms with Crippen LogP contribution in [0.4, 0.5) is 17.2 Å². The summed E-state index contributed by atoms with van der Waals surface area (Å²) in [6, 6.07) is 24.4. The van der Waals surface area contributed by atoms with Crippen molar-refractivity contribution in [2.75, 3.05) is 10.6 Å². The average molecular weight is 407 g/mol. The van der Waals surface area contributed by atoms with Crippen LogP contribution < -0.4 is 10.6 Å². The minimum absolute atomic E-state index is 0.214. The van der Waals surface area contributed by atoms with Gasteiger partial charge in [-0.25, -0.2) is 15.0 Å². The predicted octanol–water partition coefficient (Wildman–Crippen LogP) is 5.28. The van der Waals surface area contributed by atoms with E-state index in [1.165, 1.54) is 12.7 Å². The van der Waals surface area contributed by atoms with Gasteiger partial charge >= 0.3 is 0 Å². The number of fused-ring (bicyclic) bond motifs is 1. The van der Waals surface area contributed by atoms with Crippen LogP contribution in [0.5, 0.6) is 0 Å². The largest absolute Gasteiger partial charge is 0.443 e. The Morgan fingerprint density at radius 2 is 1.61 bits per heavy atom. The van der Waals surface area contributed by atoms with Gasteiger partial charge in [0.1, 0.15) is 17.7 Å². The molecule has 0 fully saturated rings. The van der Waals surface area contributed by atoms with Gasteiger partial charge in [-0.15, -0.1) is 0 Å². The quantitative estimate of drug-likeness (QED) is 0.412. The van der Waals surface area contributed by atoms with Crippen LogP contribution in [0.15, 0.2) is 96.0 Å². The fraction of sp³-hybridized carbons (Fsp3) is 0. The van der Waals surface area contributed by atoms with Crippen LogP contribution in [-0.2, 0) is 0 Å². The summed E-state index contributed by atoms with van der Waals surface area (Å²) in [7, 11) is 0. The Morgan fingerprint density at radius 3 is 2.45 bits per heavy atom. The Hall–Kier alpha value is -4.52. The van der Waals surface area contributed by atoms with Crippen LogP contribution in [-0.4, -0.2) is 20.9 Å². The first-order chi connectivity index (χ1) is 15.2. The smallest absolute Gasteiger partial charge is 0.255 e. The molecule has 7 heteroatoms. The van der Waals surface area contributed by atoms with Crippen molar-refractivity contribution in [3.05, 3.63) is 97.1 Å². The zero-order chi connectivity index (χ0) is 21.0. The minimum Gasteiger partial charge on any atom is -0.443 e. The van der Waals surface area contributed by atoms with Crippen molar-refractivity contribution in [3.8, 4) is 11.3 Å². The van der Waals surface area contributed by atoms with Crippen LogP contribution in [0.1, 0.15) is 10.4 Å². The van der Waals surface area contributed by atoms with Crippen molar-refractivity contribution in [2.45, 2.75) is 0 Å². The molecular formula is C24H17N5O2. The topological polar surface area (TPSA) is 92.9 Å². The van der Waals surface area contributed by atoms with Crippen molar-refractivity contribution < 1.29 is 9.21 Å². The molecule has 0 radical (unpaired) electrons. The van der Waals surface area contributed by atoms with Gasteiger partial charge in [0.25, 0.3) is 5.91 Å². The number of hydrogen-bond donors (Lipinski definition) is 2. The SMILES string of the molecule is O=C(Nc1ccc(Nc2cc(-c3ccccc3)ncn2)cc1)c1ccc2ocnc2c1. The number of aromatic nitrogens is 3. The van der Waals surface area contributed by atoms with Gasteiger partial charge in [-0.1, -0.05) is 30.3 Å². The molecule has 31 heavy (non-hydrogen) atoms. The molecule has 7 nitrogen and oxygen atoms in total. The Morgan fingerprint density at radius 1 is 0.806 bits per heavy atom. The van der Waals surface area contributed by atoms with Crippen LogP contribution >= 0.6 is 0 Å². The van der Waals surface area contributed by atoms with Gasteiger partial charge in [0, 0.05) is 28.6 Å². The summed E-state index contributed by atoms with van der Waals surface area (Å²) < 4.78 is 5.21. The summed E-state index contributed by atoms with van der Waals surface area (Å²) >= 11 is 0. The summed E-state index contributed by atoms with van der Waals surface area (Å²) in [5.41, 5.74) is 5.20. The molecule has 2 N–H and O–H groups in total. The van der Waals surface area contributed by atoms with Crippen molar-refractivity contribution in [1.29, 1.82) is 0 Å². The Bertz CT molecular complexity index is 1350. The summed E-state index contributed by atoms with van der Waals surface area (Å²) in [6.07, 6.45) is 2.89. The maximum absolute atomic E-state index is 12.5. The number of nitrogens with zero attached hydrogens (tertiary/aromatic N) is 3. The number of anilines is 3. The molecule has 0 spiro atoms. The van der Waals surface area contributed by atoms with Gasteiger partial charge in [0.05, 0.1) is 5.69 Å². The zero-order valence-corrected chi connectivity index (χ0v) is 16.3. The Labute approximate surface area is 177 Å². The third kappa shape index (κ3) is 4.11. The third-order valence-corrected chi connectivity index (χ3v) is 4.74. The van der Waals surface area contributed by atoms with E-state index < -0.39 is 0 Å². The summed E-state index contributed by atoms with van der Waals surface area (Å²) in [5.74, 6) is 0.473. The number of carbonyl (C=O) groups excluding carboxylic acids is 1. The highest BCUT2D eigenvalue weighted by atomic mass is 16.3. The maximum Gasteiger partial charge on any atom is 0.255 e. The highest BCUT2D eigenvalue weighted by Crippen LogP contribution is 2.22. The second-order valence-electron chi connectivity index (χ2n) is 6.85. The monoisotopic (exact) mass is 407 g/mol. The molecule has 150 valence electrons. The molecule has 5 aromatic rings. The molecule has 3 aromatic carbocycles. The van der Waals surface area contributed by atoms with E-state index in [2.05, 4.69) is 25.6 Å². The average Bonchev–Trinajstić information content (AvgIpc) is 3.29. The number of hydrogen-bond acceptors (Lipinski definition) is 6. The van der Waals surface area contributed by atoms with E-state index in [0.717, 1.165) is 16.9 Å². The molecule has 0 unspecified atom stereocenters. The lowest BCUT2D eigenvalue weighted by atomic mass is 10.1. The van der Waals surface area contributed by atoms with Crippen molar-refractivity contribution in [2.24, 2.45) is 0 Å². The van der Waals surface area contributed by atoms with E-state index in [1.807, 2.05) is 60.7 Å². The maximum atomic E-state index is 12.5. The van der Waals surface area contributed by atoms with Crippen molar-refractivity contribution in [3.63, 3.8) is 0 Å². The van der Waals surface area contributed by atoms with E-state index in [0.29, 0.717) is 28.2 Å². The first-order valence-corrected chi connectivity index (χ1v) is 9.64. The van der Waals surface area contributed by atoms with E-state index in [1.54, 1.807) is 18.2 Å². The van der Waals surface area contributed by atoms with E-state index in [9.17, 15) is 4.79 Å². The van der Waals surface area contributed by atoms with Gasteiger partial charge in [-0.2, -0.15) is 0 Å². The second kappa shape index (κ2) is 8.08. The summed E-state index contributed by atoms with van der Waals surface area (Å²) in [5, 5.41) is 6.15. The third-order valence-electron chi connectivity index (χ3n) is 4.74. The number of nitrogens with one attached hydrogen (secondary N) is 2. The van der Waals surface area contributed by atoms with Crippen molar-refractivity contribution >= 4 is 34.2 Å². The number of amides is 1. The van der Waals surface area contributed by atoms with Gasteiger partial charge in [-0.3, -0.25) is 4.79 Å². The second-order valence-corrected chi connectivity index (χ2v) is 6.85. The van der Waals surface area contributed by atoms with Gasteiger partial charge in [0.2, 0.25) is 0 Å². The number of benzene rings is 3. The lowest BCUT2D eigenvalue weighted by Crippen LogP contribution is -2.11. The molecule has 0 bridgehead atoms. The molecule has 0 aliphatic carbocycles. The lowest BCUT2D eigenvalue weighted by molar-refractivity contribution is 0.102. The first kappa shape index (κ1) is 18.5. The molecule has 2 heterocycles. The van der Waals surface area contributed by atoms with Crippen LogP contribution in [0.25, 0.3) is 22.4 Å². The lowest BCUT2D eigenvalue weighted by Gasteiger charge is -2.09. The van der Waals surface area contributed by atoms with Crippen LogP contribution in [0.2, 0.25) is 0 Å². The Kier molecular flexibility index (Phi) is 4.82. The number of rotatable bonds is 5. The minimum atomic E-state index is -0.214. The fourth-order valence-electron chi connectivity index (χ4n) is 3.18. The molecule has 0 saturated heterocycles. The van der Waals surface area contributed by atoms with Gasteiger partial charge in [0.15, 0.2) is 12.0 Å². The first-order valence-electron chi connectivity index (χ1n) is 9.64. The fourth-order valence-corrected chi connectivity index (χ4v) is 3.18. The molecular weight excluding hydrogens is 390 g/mol. The predicted molar refractivity (Wildman–Crippen MR) is 119 cm³/mol. The standard InChI is InChI=1S/C24H17N5O2/c30-24(17-6-11-22-21(12-17)27-15-31-22)29-19-9-7-18(8-10-19)28-23-13-20(25-14-26-23)16-4-2-1-3-5-16/h1-15H,(H,29,30)(H,25,26,28). The van der Waals surface area contributed by atoms with E-state index in [-0.39, 0.29) is 5.91 Å². The van der Waals surface area contributed by atoms with Gasteiger partial charge in [-0.05, 0) is 42.5 Å². The number of carbonyl (C=O) groups is 1. The molecule has 1 amide bonds. The van der Waals surface area contributed by atoms with Gasteiger partial charge < -0.3 is 15.1 Å². The normalized spacial score (nSPS) is 10.7. The summed E-state index contributed by atoms with van der Waals surface area (Å²) in [6.45, 7) is 0. The molecule has 0 atom stereocenters. The number of oxazole rings is 1. The molecule has 0 aliphatic heterocycles. The zero-order valence-electron chi connectivity index (χ0n) is 16.3. The molecule has 2 aromatic heterocycles. The summed E-state index contributed by atoms with van der Waals surface area (Å²) in [4.78, 5) is 25.2. The van der Waals surface area contributed by atoms with Crippen LogP contribution in [0.3, 0.4) is 0 Å². The highest BCUT2D eigenvalue weighted by molar-refractivity contribution is 6.05. The molecule has 5 rings (SSSR count). The van der Waals surface area contributed by atoms with Crippen molar-refractivity contribution in [1.82, 2.24) is 15.0 Å². The van der Waals surface area contributed by atoms with Crippen LogP contribution in [0, 0.1) is 0 Å². The molecule has 0 saturated carbocycles. The van der Waals surface area contributed by atoms with E-state index >= 15 is 0 Å². The highest BCUT2D eigenvalue weighted by Gasteiger charge is 2.09. The Balaban J connectivity index is 1.27. The molecule has 0 aliphatic rings. The van der Waals surface area contributed by atoms with E-state index in [4.69, 9.17) is 4.42 Å².